The number of fused-ring (bicyclic) bond motifs is 1. The van der Waals surface area contributed by atoms with Gasteiger partial charge in [-0.1, -0.05) is 29.3 Å². The van der Waals surface area contributed by atoms with Crippen molar-refractivity contribution in [2.75, 3.05) is 18.9 Å². The third kappa shape index (κ3) is 4.58. The van der Waals surface area contributed by atoms with Crippen LogP contribution in [0.3, 0.4) is 0 Å². The number of phosphoric ester groups is 1. The van der Waals surface area contributed by atoms with Crippen LogP contribution in [-0.2, 0) is 22.9 Å². The summed E-state index contributed by atoms with van der Waals surface area (Å²) in [6.45, 7) is 1.03. The van der Waals surface area contributed by atoms with E-state index in [0.29, 0.717) is 22.0 Å². The number of aliphatic hydroxyl groups excluding tert-OH is 1. The van der Waals surface area contributed by atoms with Crippen LogP contribution in [0.2, 0.25) is 10.0 Å². The highest BCUT2D eigenvalue weighted by Crippen LogP contribution is 2.57. The van der Waals surface area contributed by atoms with Crippen molar-refractivity contribution in [3.8, 4) is 0 Å². The summed E-state index contributed by atoms with van der Waals surface area (Å²) >= 11 is 12.1. The molecule has 12 nitrogen and oxygen atoms in total. The maximum atomic E-state index is 13.2. The van der Waals surface area contributed by atoms with E-state index in [-0.39, 0.29) is 23.6 Å². The Morgan fingerprint density at radius 2 is 2.14 bits per heavy atom. The molecule has 5 N–H and O–H groups in total. The summed E-state index contributed by atoms with van der Waals surface area (Å²) in [7, 11) is -4.04. The summed E-state index contributed by atoms with van der Waals surface area (Å²) in [4.78, 5) is 18.7. The van der Waals surface area contributed by atoms with Crippen molar-refractivity contribution >= 4 is 48.0 Å². The zero-order chi connectivity index (χ0) is 25.8. The number of nitrogens with zero attached hydrogens (tertiary/aromatic N) is 2. The highest BCUT2D eigenvalue weighted by atomic mass is 35.5. The van der Waals surface area contributed by atoms with E-state index in [0.717, 1.165) is 0 Å². The zero-order valence-electron chi connectivity index (χ0n) is 18.8. The average Bonchev–Trinajstić information content (AvgIpc) is 3.33. The van der Waals surface area contributed by atoms with Crippen LogP contribution in [0.4, 0.5) is 5.95 Å². The van der Waals surface area contributed by atoms with Crippen molar-refractivity contribution in [2.24, 2.45) is 0 Å². The fourth-order valence-corrected chi connectivity index (χ4v) is 6.01. The minimum Gasteiger partial charge on any atom is -0.387 e. The summed E-state index contributed by atoms with van der Waals surface area (Å²) in [5.41, 5.74) is 4.18. The number of hydrogen-bond donors (Lipinski definition) is 4. The lowest BCUT2D eigenvalue weighted by atomic mass is 9.96. The topological polar surface area (TPSA) is 171 Å². The van der Waals surface area contributed by atoms with Crippen molar-refractivity contribution in [1.82, 2.24) is 14.5 Å². The molecule has 2 fully saturated rings. The van der Waals surface area contributed by atoms with Crippen molar-refractivity contribution in [3.05, 3.63) is 56.4 Å². The predicted octanol–water partition coefficient (Wildman–Crippen LogP) is 2.93. The molecule has 2 saturated heterocycles. The number of ether oxygens (including phenoxy) is 1. The number of aliphatic hydroxyl groups is 2. The number of hydrogen-bond acceptors (Lipinski definition) is 10. The van der Waals surface area contributed by atoms with E-state index >= 15 is 0 Å². The first-order valence-electron chi connectivity index (χ1n) is 10.9. The van der Waals surface area contributed by atoms with Gasteiger partial charge >= 0.3 is 7.82 Å². The molecule has 6 atom stereocenters. The van der Waals surface area contributed by atoms with Gasteiger partial charge in [0.05, 0.1) is 34.7 Å². The Balaban J connectivity index is 1.32. The second-order valence-corrected chi connectivity index (χ2v) is 11.2. The Labute approximate surface area is 214 Å². The van der Waals surface area contributed by atoms with E-state index in [1.54, 1.807) is 18.2 Å². The molecule has 4 heterocycles. The van der Waals surface area contributed by atoms with Gasteiger partial charge in [-0.15, -0.1) is 0 Å². The molecule has 2 aromatic heterocycles. The van der Waals surface area contributed by atoms with Gasteiger partial charge < -0.3 is 25.3 Å². The number of H-pyrrole nitrogens is 1. The lowest BCUT2D eigenvalue weighted by Crippen LogP contribution is -2.44. The molecule has 0 bridgehead atoms. The molecule has 0 unspecified atom stereocenters. The fourth-order valence-electron chi connectivity index (χ4n) is 4.31. The number of aromatic nitrogens is 3. The van der Waals surface area contributed by atoms with Gasteiger partial charge in [-0.3, -0.25) is 23.3 Å². The van der Waals surface area contributed by atoms with Gasteiger partial charge in [0, 0.05) is 12.6 Å². The molecule has 3 aromatic rings. The van der Waals surface area contributed by atoms with Crippen LogP contribution in [0, 0.1) is 0 Å². The van der Waals surface area contributed by atoms with E-state index in [9.17, 15) is 19.6 Å². The number of benzene rings is 1. The Morgan fingerprint density at radius 3 is 2.89 bits per heavy atom. The minimum atomic E-state index is -4.04. The fraction of sp³-hybridized carbons (Fsp3) is 0.429. The molecule has 5 rings (SSSR count). The molecule has 0 amide bonds. The van der Waals surface area contributed by atoms with E-state index in [1.807, 2.05) is 0 Å². The summed E-state index contributed by atoms with van der Waals surface area (Å²) in [5, 5.41) is 22.8. The van der Waals surface area contributed by atoms with Crippen molar-refractivity contribution in [2.45, 2.75) is 43.5 Å². The number of phosphoric acid groups is 1. The van der Waals surface area contributed by atoms with Gasteiger partial charge in [0.1, 0.15) is 17.8 Å². The summed E-state index contributed by atoms with van der Waals surface area (Å²) in [5.74, 6) is -0.119. The third-order valence-corrected chi connectivity index (χ3v) is 8.42. The van der Waals surface area contributed by atoms with Crippen LogP contribution in [0.1, 0.15) is 31.2 Å². The van der Waals surface area contributed by atoms with Gasteiger partial charge in [-0.25, -0.2) is 4.57 Å². The van der Waals surface area contributed by atoms with Gasteiger partial charge in [0.2, 0.25) is 5.95 Å². The predicted molar refractivity (Wildman–Crippen MR) is 130 cm³/mol. The molecule has 0 saturated carbocycles. The van der Waals surface area contributed by atoms with Crippen LogP contribution >= 0.6 is 31.0 Å². The Hall–Kier alpha value is -1.99. The number of aromatic amines is 1. The minimum absolute atomic E-state index is 0.0909. The molecule has 15 heteroatoms. The standard InChI is InChI=1S/C21H23Cl2N4O8P/c1-21(30)16(28)15(34-19(21)27-6-4-11-17(27)25-20(24)26-18(11)29)9-33-36(31)32-7-5-14(35-36)10-2-3-12(22)13(23)8-10/h2-4,6,8,14-16,19,28,30H,5,7,9H2,1H3,(H3,24,25,26,29)/t14-,15+,16+,19+,21+,36+/m0/s1. The first-order chi connectivity index (χ1) is 17.0. The number of anilines is 1. The molecule has 2 aliphatic rings. The Morgan fingerprint density at radius 1 is 1.36 bits per heavy atom. The average molecular weight is 561 g/mol. The van der Waals surface area contributed by atoms with Gasteiger partial charge in [-0.05, 0) is 30.7 Å². The van der Waals surface area contributed by atoms with Crippen LogP contribution in [-0.4, -0.2) is 55.8 Å². The van der Waals surface area contributed by atoms with Crippen molar-refractivity contribution in [1.29, 1.82) is 0 Å². The van der Waals surface area contributed by atoms with E-state index in [4.69, 9.17) is 47.2 Å². The quantitative estimate of drug-likeness (QED) is 0.340. The van der Waals surface area contributed by atoms with Gasteiger partial charge in [-0.2, -0.15) is 4.98 Å². The molecular formula is C21H23Cl2N4O8P. The van der Waals surface area contributed by atoms with E-state index in [2.05, 4.69) is 9.97 Å². The first-order valence-corrected chi connectivity index (χ1v) is 13.1. The normalized spacial score (nSPS) is 32.8. The Kier molecular flexibility index (Phi) is 6.69. The maximum Gasteiger partial charge on any atom is 0.475 e. The lowest BCUT2D eigenvalue weighted by molar-refractivity contribution is -0.0950. The number of nitrogens with one attached hydrogen (secondary N) is 1. The molecule has 2 aliphatic heterocycles. The van der Waals surface area contributed by atoms with Crippen molar-refractivity contribution < 1.29 is 33.1 Å². The molecule has 0 spiro atoms. The SMILES string of the molecule is C[C@@]1(O)[C@H](O)[C@@H](CO[P@@]2(=O)OCC[C@@H](c3ccc(Cl)c(Cl)c3)O2)O[C@H]1n1ccc2c(=O)[nH]c(N)nc21. The van der Waals surface area contributed by atoms with Crippen LogP contribution in [0.25, 0.3) is 11.0 Å². The molecular weight excluding hydrogens is 538 g/mol. The van der Waals surface area contributed by atoms with Crippen LogP contribution in [0.15, 0.2) is 35.3 Å². The first kappa shape index (κ1) is 25.7. The van der Waals surface area contributed by atoms with Crippen molar-refractivity contribution in [3.63, 3.8) is 0 Å². The summed E-state index contributed by atoms with van der Waals surface area (Å²) in [6, 6.07) is 6.41. The molecule has 36 heavy (non-hydrogen) atoms. The lowest BCUT2D eigenvalue weighted by Gasteiger charge is -2.30. The second kappa shape index (κ2) is 9.39. The number of nitrogen functional groups attached to an aromatic ring is 1. The van der Waals surface area contributed by atoms with Gasteiger partial charge in [0.15, 0.2) is 11.9 Å². The third-order valence-electron chi connectivity index (χ3n) is 6.21. The summed E-state index contributed by atoms with van der Waals surface area (Å²) < 4.78 is 36.8. The zero-order valence-corrected chi connectivity index (χ0v) is 21.2. The highest BCUT2D eigenvalue weighted by molar-refractivity contribution is 7.48. The molecule has 0 radical (unpaired) electrons. The van der Waals surface area contributed by atoms with E-state index < -0.39 is 50.1 Å². The highest BCUT2D eigenvalue weighted by Gasteiger charge is 2.54. The monoisotopic (exact) mass is 560 g/mol. The largest absolute Gasteiger partial charge is 0.475 e. The van der Waals surface area contributed by atoms with Crippen LogP contribution in [0.5, 0.6) is 0 Å². The second-order valence-electron chi connectivity index (χ2n) is 8.74. The maximum absolute atomic E-state index is 13.2. The van der Waals surface area contributed by atoms with E-state index in [1.165, 1.54) is 23.8 Å². The molecule has 1 aromatic carbocycles. The van der Waals surface area contributed by atoms with Crippen LogP contribution < -0.4 is 11.3 Å². The summed E-state index contributed by atoms with van der Waals surface area (Å²) in [6.07, 6.45) is -2.47. The smallest absolute Gasteiger partial charge is 0.387 e. The van der Waals surface area contributed by atoms with Gasteiger partial charge in [0.25, 0.3) is 5.56 Å². The Bertz CT molecular complexity index is 1410. The molecule has 0 aliphatic carbocycles. The number of nitrogens with two attached hydrogens (primary N) is 1. The number of halogens is 2. The number of rotatable bonds is 5. The molecule has 194 valence electrons.